The van der Waals surface area contributed by atoms with Crippen molar-refractivity contribution in [3.63, 3.8) is 0 Å². The third kappa shape index (κ3) is 4.71. The lowest BCUT2D eigenvalue weighted by Crippen LogP contribution is -2.23. The standard InChI is InChI=1S/C18H27N3/c1-4-11-19-13-17(18-8-6-5-7-15(18)2)10-9-16-12-20-21(3)14-16/h5-8,12,14,17,19H,4,9-11,13H2,1-3H3. The van der Waals surface area contributed by atoms with Crippen molar-refractivity contribution >= 4 is 0 Å². The van der Waals surface area contributed by atoms with Crippen molar-refractivity contribution in [2.75, 3.05) is 13.1 Å². The number of hydrogen-bond acceptors (Lipinski definition) is 2. The van der Waals surface area contributed by atoms with Crippen molar-refractivity contribution in [2.45, 2.75) is 39.0 Å². The highest BCUT2D eigenvalue weighted by Crippen LogP contribution is 2.24. The lowest BCUT2D eigenvalue weighted by molar-refractivity contribution is 0.546. The average Bonchev–Trinajstić information content (AvgIpc) is 2.89. The summed E-state index contributed by atoms with van der Waals surface area (Å²) < 4.78 is 1.88. The van der Waals surface area contributed by atoms with E-state index in [2.05, 4.69) is 54.7 Å². The van der Waals surface area contributed by atoms with E-state index >= 15 is 0 Å². The molecule has 2 rings (SSSR count). The Balaban J connectivity index is 2.03. The van der Waals surface area contributed by atoms with Crippen LogP contribution >= 0.6 is 0 Å². The molecule has 0 aliphatic carbocycles. The van der Waals surface area contributed by atoms with Crippen LogP contribution in [-0.4, -0.2) is 22.9 Å². The van der Waals surface area contributed by atoms with Gasteiger partial charge in [-0.3, -0.25) is 4.68 Å². The molecular formula is C18H27N3. The molecule has 0 saturated carbocycles. The van der Waals surface area contributed by atoms with Crippen molar-refractivity contribution in [3.05, 3.63) is 53.3 Å². The molecule has 2 aromatic rings. The quantitative estimate of drug-likeness (QED) is 0.753. The average molecular weight is 285 g/mol. The number of benzene rings is 1. The maximum absolute atomic E-state index is 4.26. The fraction of sp³-hybridized carbons (Fsp3) is 0.500. The SMILES string of the molecule is CCCNCC(CCc1cnn(C)c1)c1ccccc1C. The molecule has 3 nitrogen and oxygen atoms in total. The normalized spacial score (nSPS) is 12.5. The van der Waals surface area contributed by atoms with Crippen molar-refractivity contribution in [2.24, 2.45) is 7.05 Å². The van der Waals surface area contributed by atoms with Gasteiger partial charge in [0.2, 0.25) is 0 Å². The zero-order valence-corrected chi connectivity index (χ0v) is 13.5. The van der Waals surface area contributed by atoms with E-state index in [-0.39, 0.29) is 0 Å². The Morgan fingerprint density at radius 3 is 2.76 bits per heavy atom. The van der Waals surface area contributed by atoms with Crippen molar-refractivity contribution in [1.82, 2.24) is 15.1 Å². The first kappa shape index (κ1) is 15.8. The Morgan fingerprint density at radius 2 is 2.10 bits per heavy atom. The van der Waals surface area contributed by atoms with E-state index in [0.717, 1.165) is 25.9 Å². The van der Waals surface area contributed by atoms with Crippen LogP contribution in [0.15, 0.2) is 36.7 Å². The highest BCUT2D eigenvalue weighted by Gasteiger charge is 2.13. The fourth-order valence-corrected chi connectivity index (χ4v) is 2.81. The maximum atomic E-state index is 4.26. The van der Waals surface area contributed by atoms with Crippen LogP contribution in [0.4, 0.5) is 0 Å². The minimum Gasteiger partial charge on any atom is -0.316 e. The van der Waals surface area contributed by atoms with Gasteiger partial charge in [-0.15, -0.1) is 0 Å². The van der Waals surface area contributed by atoms with Gasteiger partial charge in [0.25, 0.3) is 0 Å². The third-order valence-corrected chi connectivity index (χ3v) is 3.99. The molecule has 1 aromatic heterocycles. The molecule has 0 saturated heterocycles. The van der Waals surface area contributed by atoms with E-state index in [1.807, 2.05) is 17.9 Å². The van der Waals surface area contributed by atoms with Crippen LogP contribution in [0.5, 0.6) is 0 Å². The molecule has 0 aliphatic rings. The van der Waals surface area contributed by atoms with Crippen molar-refractivity contribution in [3.8, 4) is 0 Å². The lowest BCUT2D eigenvalue weighted by atomic mass is 9.90. The molecule has 1 unspecified atom stereocenters. The van der Waals surface area contributed by atoms with Crippen LogP contribution in [-0.2, 0) is 13.5 Å². The van der Waals surface area contributed by atoms with Crippen LogP contribution in [0, 0.1) is 6.92 Å². The highest BCUT2D eigenvalue weighted by molar-refractivity contribution is 5.29. The van der Waals surface area contributed by atoms with E-state index < -0.39 is 0 Å². The van der Waals surface area contributed by atoms with Gasteiger partial charge in [0.1, 0.15) is 0 Å². The Kier molecular flexibility index (Phi) is 6.00. The minimum absolute atomic E-state index is 0.568. The number of nitrogens with one attached hydrogen (secondary N) is 1. The van der Waals surface area contributed by atoms with E-state index in [1.165, 1.54) is 23.1 Å². The largest absolute Gasteiger partial charge is 0.316 e. The number of aryl methyl sites for hydroxylation is 3. The summed E-state index contributed by atoms with van der Waals surface area (Å²) in [6, 6.07) is 8.76. The first-order valence-electron chi connectivity index (χ1n) is 7.94. The predicted octanol–water partition coefficient (Wildman–Crippen LogP) is 3.44. The van der Waals surface area contributed by atoms with Crippen molar-refractivity contribution in [1.29, 1.82) is 0 Å². The summed E-state index contributed by atoms with van der Waals surface area (Å²) in [6.07, 6.45) is 7.53. The minimum atomic E-state index is 0.568. The topological polar surface area (TPSA) is 29.9 Å². The zero-order chi connectivity index (χ0) is 15.1. The van der Waals surface area contributed by atoms with Gasteiger partial charge < -0.3 is 5.32 Å². The Morgan fingerprint density at radius 1 is 1.29 bits per heavy atom. The molecule has 3 heteroatoms. The van der Waals surface area contributed by atoms with Gasteiger partial charge in [-0.25, -0.2) is 0 Å². The predicted molar refractivity (Wildman–Crippen MR) is 88.6 cm³/mol. The fourth-order valence-electron chi connectivity index (χ4n) is 2.81. The Labute approximate surface area is 128 Å². The number of rotatable bonds is 8. The van der Waals surface area contributed by atoms with Crippen LogP contribution < -0.4 is 5.32 Å². The molecule has 0 bridgehead atoms. The third-order valence-electron chi connectivity index (χ3n) is 3.99. The second-order valence-electron chi connectivity index (χ2n) is 5.82. The van der Waals surface area contributed by atoms with E-state index in [4.69, 9.17) is 0 Å². The van der Waals surface area contributed by atoms with Gasteiger partial charge in [0, 0.05) is 19.8 Å². The van der Waals surface area contributed by atoms with E-state index in [9.17, 15) is 0 Å². The number of hydrogen-bond donors (Lipinski definition) is 1. The van der Waals surface area contributed by atoms with Gasteiger partial charge >= 0.3 is 0 Å². The molecule has 0 amide bonds. The summed E-state index contributed by atoms with van der Waals surface area (Å²) in [5.74, 6) is 0.568. The zero-order valence-electron chi connectivity index (χ0n) is 13.5. The second-order valence-corrected chi connectivity index (χ2v) is 5.82. The lowest BCUT2D eigenvalue weighted by Gasteiger charge is -2.20. The summed E-state index contributed by atoms with van der Waals surface area (Å²) in [7, 11) is 1.98. The van der Waals surface area contributed by atoms with Crippen LogP contribution in [0.1, 0.15) is 42.4 Å². The summed E-state index contributed by atoms with van der Waals surface area (Å²) in [5, 5.41) is 7.84. The molecule has 0 spiro atoms. The molecule has 114 valence electrons. The van der Waals surface area contributed by atoms with Gasteiger partial charge in [-0.2, -0.15) is 5.10 Å². The molecule has 0 fully saturated rings. The molecule has 1 aromatic carbocycles. The Hall–Kier alpha value is -1.61. The van der Waals surface area contributed by atoms with E-state index in [0.29, 0.717) is 5.92 Å². The van der Waals surface area contributed by atoms with Gasteiger partial charge in [0.05, 0.1) is 6.20 Å². The molecule has 0 radical (unpaired) electrons. The van der Waals surface area contributed by atoms with Crippen LogP contribution in [0.3, 0.4) is 0 Å². The highest BCUT2D eigenvalue weighted by atomic mass is 15.2. The van der Waals surface area contributed by atoms with Gasteiger partial charge in [0.15, 0.2) is 0 Å². The molecule has 0 aliphatic heterocycles. The first-order chi connectivity index (χ1) is 10.2. The molecule has 1 heterocycles. The van der Waals surface area contributed by atoms with Crippen LogP contribution in [0.2, 0.25) is 0 Å². The first-order valence-corrected chi connectivity index (χ1v) is 7.94. The van der Waals surface area contributed by atoms with Crippen molar-refractivity contribution < 1.29 is 0 Å². The Bertz CT molecular complexity index is 545. The summed E-state index contributed by atoms with van der Waals surface area (Å²) in [4.78, 5) is 0. The summed E-state index contributed by atoms with van der Waals surface area (Å²) >= 11 is 0. The van der Waals surface area contributed by atoms with Gasteiger partial charge in [-0.05, 0) is 55.3 Å². The van der Waals surface area contributed by atoms with Gasteiger partial charge in [-0.1, -0.05) is 31.2 Å². The molecule has 1 atom stereocenters. The number of nitrogens with zero attached hydrogens (tertiary/aromatic N) is 2. The summed E-state index contributed by atoms with van der Waals surface area (Å²) in [5.41, 5.74) is 4.20. The second kappa shape index (κ2) is 7.99. The molecular weight excluding hydrogens is 258 g/mol. The summed E-state index contributed by atoms with van der Waals surface area (Å²) in [6.45, 7) is 6.58. The maximum Gasteiger partial charge on any atom is 0.0521 e. The molecule has 21 heavy (non-hydrogen) atoms. The smallest absolute Gasteiger partial charge is 0.0521 e. The molecule has 1 N–H and O–H groups in total. The van der Waals surface area contributed by atoms with Crippen LogP contribution in [0.25, 0.3) is 0 Å². The monoisotopic (exact) mass is 285 g/mol. The number of aromatic nitrogens is 2. The van der Waals surface area contributed by atoms with E-state index in [1.54, 1.807) is 0 Å².